The first-order valence-electron chi connectivity index (χ1n) is 5.66. The highest BCUT2D eigenvalue weighted by Crippen LogP contribution is 2.31. The Morgan fingerprint density at radius 1 is 1.27 bits per heavy atom. The first-order valence-corrected chi connectivity index (χ1v) is 5.66. The van der Waals surface area contributed by atoms with E-state index in [1.165, 1.54) is 11.1 Å². The smallest absolute Gasteiger partial charge is 0.00510 e. The van der Waals surface area contributed by atoms with Crippen molar-refractivity contribution < 1.29 is 0 Å². The van der Waals surface area contributed by atoms with Crippen molar-refractivity contribution in [3.8, 4) is 0 Å². The minimum atomic E-state index is 0.623. The predicted octanol–water partition coefficient (Wildman–Crippen LogP) is 1.60. The van der Waals surface area contributed by atoms with E-state index in [1.54, 1.807) is 0 Å². The second-order valence-electron chi connectivity index (χ2n) is 4.73. The van der Waals surface area contributed by atoms with Gasteiger partial charge in [0.15, 0.2) is 0 Å². The van der Waals surface area contributed by atoms with Crippen LogP contribution in [0.4, 0.5) is 0 Å². The third kappa shape index (κ3) is 2.21. The fourth-order valence-electron chi connectivity index (χ4n) is 2.52. The molecule has 0 amide bonds. The van der Waals surface area contributed by atoms with Crippen molar-refractivity contribution >= 4 is 0 Å². The fourth-order valence-corrected chi connectivity index (χ4v) is 2.52. The summed E-state index contributed by atoms with van der Waals surface area (Å²) in [5, 5.41) is 0. The maximum atomic E-state index is 5.83. The monoisotopic (exact) mass is 204 g/mol. The number of nitrogens with two attached hydrogens (primary N) is 1. The van der Waals surface area contributed by atoms with Crippen LogP contribution in [0.1, 0.15) is 17.0 Å². The van der Waals surface area contributed by atoms with E-state index in [1.807, 2.05) is 0 Å². The fraction of sp³-hybridized carbons (Fsp3) is 0.538. The lowest BCUT2D eigenvalue weighted by Gasteiger charge is -2.17. The van der Waals surface area contributed by atoms with Gasteiger partial charge in [-0.2, -0.15) is 0 Å². The number of hydrogen-bond donors (Lipinski definition) is 1. The molecule has 0 unspecified atom stereocenters. The van der Waals surface area contributed by atoms with E-state index in [0.717, 1.165) is 19.6 Å². The molecule has 0 aliphatic carbocycles. The summed E-state index contributed by atoms with van der Waals surface area (Å²) in [6, 6.07) is 8.89. The zero-order valence-electron chi connectivity index (χ0n) is 9.61. The molecular weight excluding hydrogens is 184 g/mol. The third-order valence-corrected chi connectivity index (χ3v) is 3.43. The van der Waals surface area contributed by atoms with Gasteiger partial charge in [-0.15, -0.1) is 0 Å². The number of nitrogens with zero attached hydrogens (tertiary/aromatic N) is 1. The van der Waals surface area contributed by atoms with Crippen molar-refractivity contribution in [2.75, 3.05) is 26.7 Å². The summed E-state index contributed by atoms with van der Waals surface area (Å²) in [5.41, 5.74) is 8.60. The highest BCUT2D eigenvalue weighted by atomic mass is 15.1. The molecule has 1 aromatic carbocycles. The van der Waals surface area contributed by atoms with Gasteiger partial charge in [0.1, 0.15) is 0 Å². The van der Waals surface area contributed by atoms with E-state index >= 15 is 0 Å². The number of hydrogen-bond acceptors (Lipinski definition) is 2. The number of likely N-dealkylation sites (tertiary alicyclic amines) is 1. The molecule has 0 radical (unpaired) electrons. The number of likely N-dealkylation sites (N-methyl/N-ethyl adjacent to an activating group) is 1. The molecule has 0 aromatic heterocycles. The maximum absolute atomic E-state index is 5.83. The summed E-state index contributed by atoms with van der Waals surface area (Å²) in [6.45, 7) is 5.20. The minimum absolute atomic E-state index is 0.623. The number of rotatable bonds is 2. The molecular formula is C13H20N2. The zero-order chi connectivity index (χ0) is 10.8. The van der Waals surface area contributed by atoms with Crippen LogP contribution < -0.4 is 5.73 Å². The molecule has 1 saturated heterocycles. The van der Waals surface area contributed by atoms with Crippen LogP contribution in [-0.2, 0) is 0 Å². The molecule has 15 heavy (non-hydrogen) atoms. The summed E-state index contributed by atoms with van der Waals surface area (Å²) >= 11 is 0. The second-order valence-corrected chi connectivity index (χ2v) is 4.73. The number of aryl methyl sites for hydroxylation is 1. The molecule has 0 spiro atoms. The topological polar surface area (TPSA) is 29.3 Å². The Hall–Kier alpha value is -0.860. The van der Waals surface area contributed by atoms with Gasteiger partial charge in [-0.25, -0.2) is 0 Å². The van der Waals surface area contributed by atoms with Gasteiger partial charge in [-0.3, -0.25) is 0 Å². The largest absolute Gasteiger partial charge is 0.330 e. The first-order chi connectivity index (χ1) is 7.20. The lowest BCUT2D eigenvalue weighted by Crippen LogP contribution is -2.21. The van der Waals surface area contributed by atoms with Crippen molar-refractivity contribution in [3.63, 3.8) is 0 Å². The Morgan fingerprint density at radius 2 is 1.93 bits per heavy atom. The second kappa shape index (κ2) is 4.33. The Kier molecular flexibility index (Phi) is 3.08. The van der Waals surface area contributed by atoms with Crippen LogP contribution in [0.3, 0.4) is 0 Å². The Bertz CT molecular complexity index is 318. The van der Waals surface area contributed by atoms with Gasteiger partial charge in [-0.05, 0) is 32.0 Å². The van der Waals surface area contributed by atoms with E-state index in [-0.39, 0.29) is 0 Å². The summed E-state index contributed by atoms with van der Waals surface area (Å²) in [4.78, 5) is 2.38. The van der Waals surface area contributed by atoms with Gasteiger partial charge in [0, 0.05) is 19.0 Å². The van der Waals surface area contributed by atoms with E-state index in [4.69, 9.17) is 5.73 Å². The molecule has 2 heteroatoms. The van der Waals surface area contributed by atoms with Crippen molar-refractivity contribution in [3.05, 3.63) is 35.4 Å². The minimum Gasteiger partial charge on any atom is -0.330 e. The number of benzene rings is 1. The molecule has 0 bridgehead atoms. The van der Waals surface area contributed by atoms with Crippen LogP contribution in [-0.4, -0.2) is 31.6 Å². The van der Waals surface area contributed by atoms with Crippen LogP contribution >= 0.6 is 0 Å². The van der Waals surface area contributed by atoms with Gasteiger partial charge in [0.05, 0.1) is 0 Å². The van der Waals surface area contributed by atoms with Crippen molar-refractivity contribution in [2.45, 2.75) is 12.8 Å². The van der Waals surface area contributed by atoms with Crippen molar-refractivity contribution in [2.24, 2.45) is 11.7 Å². The average Bonchev–Trinajstić information content (AvgIpc) is 2.61. The van der Waals surface area contributed by atoms with E-state index in [2.05, 4.69) is 43.1 Å². The highest BCUT2D eigenvalue weighted by molar-refractivity contribution is 5.26. The van der Waals surface area contributed by atoms with E-state index in [0.29, 0.717) is 11.8 Å². The van der Waals surface area contributed by atoms with Gasteiger partial charge < -0.3 is 10.6 Å². The summed E-state index contributed by atoms with van der Waals surface area (Å²) < 4.78 is 0. The lowest BCUT2D eigenvalue weighted by atomic mass is 9.89. The van der Waals surface area contributed by atoms with Crippen LogP contribution in [0, 0.1) is 12.8 Å². The Morgan fingerprint density at radius 3 is 2.53 bits per heavy atom. The summed E-state index contributed by atoms with van der Waals surface area (Å²) in [7, 11) is 2.18. The van der Waals surface area contributed by atoms with E-state index < -0.39 is 0 Å². The standard InChI is InChI=1S/C13H20N2/c1-10-3-5-11(6-4-10)13-9-15(2)8-12(13)7-14/h3-6,12-13H,7-9,14H2,1-2H3/t12-,13-/m0/s1. The predicted molar refractivity (Wildman–Crippen MR) is 64.0 cm³/mol. The molecule has 1 aliphatic rings. The average molecular weight is 204 g/mol. The molecule has 1 aliphatic heterocycles. The maximum Gasteiger partial charge on any atom is 0.00510 e. The highest BCUT2D eigenvalue weighted by Gasteiger charge is 2.30. The van der Waals surface area contributed by atoms with Crippen molar-refractivity contribution in [1.29, 1.82) is 0 Å². The van der Waals surface area contributed by atoms with Gasteiger partial charge >= 0.3 is 0 Å². The van der Waals surface area contributed by atoms with Gasteiger partial charge in [-0.1, -0.05) is 29.8 Å². The molecule has 82 valence electrons. The molecule has 2 atom stereocenters. The molecule has 2 rings (SSSR count). The molecule has 1 aromatic rings. The molecule has 2 N–H and O–H groups in total. The lowest BCUT2D eigenvalue weighted by molar-refractivity contribution is 0.397. The molecule has 1 fully saturated rings. The van der Waals surface area contributed by atoms with Gasteiger partial charge in [0.2, 0.25) is 0 Å². The third-order valence-electron chi connectivity index (χ3n) is 3.43. The Balaban J connectivity index is 2.19. The Labute approximate surface area is 92.1 Å². The summed E-state index contributed by atoms with van der Waals surface area (Å²) in [5.74, 6) is 1.25. The SMILES string of the molecule is Cc1ccc([C@@H]2CN(C)C[C@@H]2CN)cc1. The molecule has 1 heterocycles. The molecule has 2 nitrogen and oxygen atoms in total. The van der Waals surface area contributed by atoms with Crippen LogP contribution in [0.15, 0.2) is 24.3 Å². The van der Waals surface area contributed by atoms with Gasteiger partial charge in [0.25, 0.3) is 0 Å². The van der Waals surface area contributed by atoms with Crippen molar-refractivity contribution in [1.82, 2.24) is 4.90 Å². The van der Waals surface area contributed by atoms with Crippen LogP contribution in [0.25, 0.3) is 0 Å². The normalized spacial score (nSPS) is 27.1. The summed E-state index contributed by atoms with van der Waals surface area (Å²) in [6.07, 6.45) is 0. The first kappa shape index (κ1) is 10.7. The van der Waals surface area contributed by atoms with Crippen LogP contribution in [0.2, 0.25) is 0 Å². The molecule has 0 saturated carbocycles. The zero-order valence-corrected chi connectivity index (χ0v) is 9.61. The van der Waals surface area contributed by atoms with E-state index in [9.17, 15) is 0 Å². The van der Waals surface area contributed by atoms with Crippen LogP contribution in [0.5, 0.6) is 0 Å². The quantitative estimate of drug-likeness (QED) is 0.793.